The molecule has 1 aliphatic heterocycles. The van der Waals surface area contributed by atoms with Crippen LogP contribution in [0.5, 0.6) is 5.75 Å². The molecule has 1 heterocycles. The second-order valence-electron chi connectivity index (χ2n) is 10.8. The highest BCUT2D eigenvalue weighted by atomic mass is 16.5. The lowest BCUT2D eigenvalue weighted by Crippen LogP contribution is -3.14. The molecule has 6 rings (SSSR count). The van der Waals surface area contributed by atoms with Crippen molar-refractivity contribution in [2.75, 3.05) is 26.2 Å². The number of hydrogen-bond acceptors (Lipinski definition) is 2. The Morgan fingerprint density at radius 3 is 2.32 bits per heavy atom. The quantitative estimate of drug-likeness (QED) is 0.790. The summed E-state index contributed by atoms with van der Waals surface area (Å²) < 4.78 is 5.95. The Bertz CT molecular complexity index is 634. The lowest BCUT2D eigenvalue weighted by molar-refractivity contribution is -0.911. The highest BCUT2D eigenvalue weighted by Crippen LogP contribution is 2.60. The molecule has 5 aliphatic rings. The third kappa shape index (κ3) is 3.85. The number of aliphatic hydroxyl groups is 1. The van der Waals surface area contributed by atoms with Crippen molar-refractivity contribution in [1.82, 2.24) is 0 Å². The number of benzene rings is 1. The highest BCUT2D eigenvalue weighted by Gasteiger charge is 2.51. The number of hydrogen-bond donors (Lipinski definition) is 2. The van der Waals surface area contributed by atoms with Crippen LogP contribution in [0.25, 0.3) is 0 Å². The van der Waals surface area contributed by atoms with Crippen LogP contribution < -0.4 is 9.64 Å². The smallest absolute Gasteiger partial charge is 0.137 e. The van der Waals surface area contributed by atoms with Gasteiger partial charge in [0.2, 0.25) is 0 Å². The maximum atomic E-state index is 10.4. The predicted octanol–water partition coefficient (Wildman–Crippen LogP) is 3.21. The molecule has 28 heavy (non-hydrogen) atoms. The molecule has 3 heteroatoms. The number of likely N-dealkylation sites (tertiary alicyclic amines) is 1. The molecule has 4 bridgehead atoms. The van der Waals surface area contributed by atoms with Gasteiger partial charge in [0.15, 0.2) is 0 Å². The van der Waals surface area contributed by atoms with E-state index in [0.29, 0.717) is 12.0 Å². The molecule has 5 fully saturated rings. The Morgan fingerprint density at radius 2 is 1.71 bits per heavy atom. The fourth-order valence-electron chi connectivity index (χ4n) is 7.54. The number of nitrogens with one attached hydrogen (secondary N) is 1. The largest absolute Gasteiger partial charge is 0.491 e. The van der Waals surface area contributed by atoms with Gasteiger partial charge >= 0.3 is 0 Å². The van der Waals surface area contributed by atoms with Crippen LogP contribution in [0.3, 0.4) is 0 Å². The first kappa shape index (κ1) is 18.9. The Balaban J connectivity index is 1.16. The zero-order valence-corrected chi connectivity index (χ0v) is 17.5. The Labute approximate surface area is 170 Å². The molecular formula is C25H38NO2+. The van der Waals surface area contributed by atoms with Gasteiger partial charge in [-0.3, -0.25) is 0 Å². The van der Waals surface area contributed by atoms with Crippen molar-refractivity contribution in [1.29, 1.82) is 0 Å². The summed E-state index contributed by atoms with van der Waals surface area (Å²) in [5.41, 5.74) is 2.01. The van der Waals surface area contributed by atoms with Crippen molar-refractivity contribution in [2.24, 2.45) is 23.7 Å². The lowest BCUT2D eigenvalue weighted by Gasteiger charge is -2.57. The van der Waals surface area contributed by atoms with Gasteiger partial charge in [-0.2, -0.15) is 0 Å². The van der Waals surface area contributed by atoms with Crippen molar-refractivity contribution in [3.05, 3.63) is 29.8 Å². The first-order valence-electron chi connectivity index (χ1n) is 11.8. The van der Waals surface area contributed by atoms with E-state index in [4.69, 9.17) is 4.74 Å². The van der Waals surface area contributed by atoms with Crippen LogP contribution >= 0.6 is 0 Å². The van der Waals surface area contributed by atoms with Gasteiger partial charge in [0, 0.05) is 5.92 Å². The van der Waals surface area contributed by atoms with E-state index < -0.39 is 0 Å². The zero-order valence-electron chi connectivity index (χ0n) is 17.5. The molecule has 1 aromatic carbocycles. The van der Waals surface area contributed by atoms with E-state index in [9.17, 15) is 5.11 Å². The SMILES string of the molecule is C[C@H]1CCC[NH+](C[C@H](O)COc2ccc(C34CC5CC(CC(C5)C3)C4)cc2)C1. The maximum Gasteiger partial charge on any atom is 0.137 e. The average molecular weight is 385 g/mol. The first-order chi connectivity index (χ1) is 13.6. The minimum Gasteiger partial charge on any atom is -0.491 e. The number of quaternary nitrogens is 1. The van der Waals surface area contributed by atoms with Gasteiger partial charge in [0.1, 0.15) is 25.0 Å². The highest BCUT2D eigenvalue weighted by molar-refractivity contribution is 5.34. The van der Waals surface area contributed by atoms with Gasteiger partial charge in [-0.25, -0.2) is 0 Å². The molecule has 1 aromatic rings. The minimum absolute atomic E-state index is 0.372. The van der Waals surface area contributed by atoms with E-state index in [2.05, 4.69) is 31.2 Å². The van der Waals surface area contributed by atoms with Crippen LogP contribution in [0.2, 0.25) is 0 Å². The van der Waals surface area contributed by atoms with Crippen LogP contribution in [0, 0.1) is 23.7 Å². The van der Waals surface area contributed by atoms with Crippen molar-refractivity contribution in [3.63, 3.8) is 0 Å². The molecule has 2 N–H and O–H groups in total. The number of aliphatic hydroxyl groups excluding tert-OH is 1. The Kier molecular flexibility index (Phi) is 5.17. The third-order valence-electron chi connectivity index (χ3n) is 8.34. The summed E-state index contributed by atoms with van der Waals surface area (Å²) in [6, 6.07) is 8.95. The van der Waals surface area contributed by atoms with Crippen molar-refractivity contribution in [2.45, 2.75) is 69.8 Å². The standard InChI is InChI=1S/C25H37NO2/c1-18-3-2-8-26(15-18)16-23(27)17-28-24-6-4-22(5-7-24)25-12-19-9-20(13-25)11-21(10-19)14-25/h4-7,18-21,23,27H,2-3,8-17H2,1H3/p+1/t18-,19?,20?,21?,23-,25?/m0/s1. The first-order valence-corrected chi connectivity index (χ1v) is 11.8. The zero-order chi connectivity index (χ0) is 19.1. The average Bonchev–Trinajstić information content (AvgIpc) is 2.66. The number of ether oxygens (including phenoxy) is 1. The van der Waals surface area contributed by atoms with Crippen molar-refractivity contribution < 1.29 is 14.7 Å². The van der Waals surface area contributed by atoms with E-state index in [-0.39, 0.29) is 6.10 Å². The van der Waals surface area contributed by atoms with E-state index in [0.717, 1.165) is 36.0 Å². The normalized spacial score (nSPS) is 40.4. The molecule has 1 unspecified atom stereocenters. The molecule has 0 aromatic heterocycles. The van der Waals surface area contributed by atoms with Crippen molar-refractivity contribution >= 4 is 0 Å². The molecule has 4 saturated carbocycles. The van der Waals surface area contributed by atoms with Gasteiger partial charge in [0.05, 0.1) is 13.1 Å². The second kappa shape index (κ2) is 7.65. The van der Waals surface area contributed by atoms with Gasteiger partial charge in [0.25, 0.3) is 0 Å². The van der Waals surface area contributed by atoms with E-state index >= 15 is 0 Å². The topological polar surface area (TPSA) is 33.9 Å². The second-order valence-corrected chi connectivity index (χ2v) is 10.8. The summed E-state index contributed by atoms with van der Waals surface area (Å²) in [7, 11) is 0. The summed E-state index contributed by atoms with van der Waals surface area (Å²) in [4.78, 5) is 1.53. The summed E-state index contributed by atoms with van der Waals surface area (Å²) >= 11 is 0. The lowest BCUT2D eigenvalue weighted by atomic mass is 9.48. The van der Waals surface area contributed by atoms with Crippen LogP contribution in [-0.2, 0) is 5.41 Å². The molecule has 0 radical (unpaired) electrons. The molecular weight excluding hydrogens is 346 g/mol. The molecule has 3 nitrogen and oxygen atoms in total. The van der Waals surface area contributed by atoms with Gasteiger partial charge in [-0.1, -0.05) is 19.1 Å². The molecule has 3 atom stereocenters. The maximum absolute atomic E-state index is 10.4. The van der Waals surface area contributed by atoms with E-state index in [1.165, 1.54) is 69.4 Å². The molecule has 0 amide bonds. The Morgan fingerprint density at radius 1 is 1.07 bits per heavy atom. The van der Waals surface area contributed by atoms with Crippen LogP contribution in [0.1, 0.15) is 63.9 Å². The molecule has 1 saturated heterocycles. The monoisotopic (exact) mass is 384 g/mol. The summed E-state index contributed by atoms with van der Waals surface area (Å²) in [6.07, 6.45) is 11.0. The van der Waals surface area contributed by atoms with Crippen molar-refractivity contribution in [3.8, 4) is 5.75 Å². The van der Waals surface area contributed by atoms with Crippen LogP contribution in [0.15, 0.2) is 24.3 Å². The van der Waals surface area contributed by atoms with Gasteiger partial charge in [-0.05, 0) is 92.2 Å². The minimum atomic E-state index is -0.372. The molecule has 154 valence electrons. The van der Waals surface area contributed by atoms with Gasteiger partial charge < -0.3 is 14.7 Å². The molecule has 0 spiro atoms. The predicted molar refractivity (Wildman–Crippen MR) is 112 cm³/mol. The van der Waals surface area contributed by atoms with Gasteiger partial charge in [-0.15, -0.1) is 0 Å². The molecule has 4 aliphatic carbocycles. The number of rotatable bonds is 6. The number of piperidine rings is 1. The van der Waals surface area contributed by atoms with Crippen LogP contribution in [-0.4, -0.2) is 37.5 Å². The fourth-order valence-corrected chi connectivity index (χ4v) is 7.54. The third-order valence-corrected chi connectivity index (χ3v) is 8.34. The van der Waals surface area contributed by atoms with E-state index in [1.54, 1.807) is 5.56 Å². The Hall–Kier alpha value is -1.06. The summed E-state index contributed by atoms with van der Waals surface area (Å²) in [6.45, 7) is 5.94. The van der Waals surface area contributed by atoms with E-state index in [1.807, 2.05) is 0 Å². The summed E-state index contributed by atoms with van der Waals surface area (Å²) in [5, 5.41) is 10.4. The summed E-state index contributed by atoms with van der Waals surface area (Å²) in [5.74, 6) is 4.65. The van der Waals surface area contributed by atoms with Crippen LogP contribution in [0.4, 0.5) is 0 Å². The fraction of sp³-hybridized carbons (Fsp3) is 0.760.